The first-order chi connectivity index (χ1) is 18.2. The van der Waals surface area contributed by atoms with Gasteiger partial charge in [0.05, 0.1) is 29.4 Å². The monoisotopic (exact) mass is 503 g/mol. The highest BCUT2D eigenvalue weighted by molar-refractivity contribution is 5.52. The molecule has 0 saturated carbocycles. The fraction of sp³-hybridized carbons (Fsp3) is 0.333. The fourth-order valence-electron chi connectivity index (χ4n) is 3.43. The number of ether oxygens (including phenoxy) is 1. The molecule has 1 fully saturated rings. The average Bonchev–Trinajstić information content (AvgIpc) is 3.42. The van der Waals surface area contributed by atoms with Gasteiger partial charge in [-0.05, 0) is 0 Å². The van der Waals surface area contributed by atoms with Crippen molar-refractivity contribution in [2.75, 3.05) is 56.9 Å². The quantitative estimate of drug-likeness (QED) is 0.366. The third-order valence-electron chi connectivity index (χ3n) is 5.17. The Hall–Kier alpha value is -4.57. The number of hydrogen-bond donors (Lipinski definition) is 0. The molecule has 0 amide bonds. The van der Waals surface area contributed by atoms with Crippen LogP contribution in [0.2, 0.25) is 0 Å². The number of aryl methyl sites for hydroxylation is 1. The summed E-state index contributed by atoms with van der Waals surface area (Å²) in [5.41, 5.74) is 2.09. The highest BCUT2D eigenvalue weighted by atomic mass is 19.1. The van der Waals surface area contributed by atoms with Crippen LogP contribution in [-0.2, 0) is 11.3 Å². The second kappa shape index (κ2) is 12.9. The van der Waals surface area contributed by atoms with Crippen molar-refractivity contribution < 1.29 is 9.13 Å². The van der Waals surface area contributed by atoms with E-state index in [4.69, 9.17) is 0 Å². The van der Waals surface area contributed by atoms with E-state index >= 15 is 0 Å². The van der Waals surface area contributed by atoms with Gasteiger partial charge in [-0.25, -0.2) is 39.3 Å². The van der Waals surface area contributed by atoms with Gasteiger partial charge in [-0.1, -0.05) is 11.8 Å². The van der Waals surface area contributed by atoms with Gasteiger partial charge in [-0.15, -0.1) is 0 Å². The van der Waals surface area contributed by atoms with Crippen molar-refractivity contribution in [3.63, 3.8) is 0 Å². The molecule has 0 radical (unpaired) electrons. The van der Waals surface area contributed by atoms with Crippen molar-refractivity contribution in [3.8, 4) is 23.2 Å². The Morgan fingerprint density at radius 2 is 1.30 bits per heavy atom. The molecule has 5 rings (SSSR count). The van der Waals surface area contributed by atoms with E-state index in [9.17, 15) is 4.39 Å². The highest BCUT2D eigenvalue weighted by Crippen LogP contribution is 2.15. The normalized spacial score (nSPS) is 12.8. The summed E-state index contributed by atoms with van der Waals surface area (Å²) in [5, 5.41) is 4.08. The average molecular weight is 504 g/mol. The Morgan fingerprint density at radius 3 is 1.84 bits per heavy atom. The molecule has 0 bridgehead atoms. The Morgan fingerprint density at radius 1 is 0.784 bits per heavy atom. The standard InChI is InChI=1S/C22H20FN11.C2H6O/c23-3-4-34-14-19(13-31-34)20-25-9-17(10-26-20)1-2-18-11-27-21(28-12-18)32-5-7-33(8-6-32)22-29-15-24-16-30-22;1-3-2/h9-16H,3-8H2;1-2H3. The summed E-state index contributed by atoms with van der Waals surface area (Å²) in [6, 6.07) is 0. The third kappa shape index (κ3) is 6.98. The van der Waals surface area contributed by atoms with Crippen LogP contribution in [0.15, 0.2) is 49.8 Å². The summed E-state index contributed by atoms with van der Waals surface area (Å²) in [7, 11) is 3.25. The summed E-state index contributed by atoms with van der Waals surface area (Å²) in [4.78, 5) is 34.1. The fourth-order valence-corrected chi connectivity index (χ4v) is 3.43. The van der Waals surface area contributed by atoms with E-state index in [1.54, 1.807) is 51.4 Å². The predicted molar refractivity (Wildman–Crippen MR) is 134 cm³/mol. The number of alkyl halides is 1. The second-order valence-electron chi connectivity index (χ2n) is 7.82. The highest BCUT2D eigenvalue weighted by Gasteiger charge is 2.20. The van der Waals surface area contributed by atoms with Gasteiger partial charge < -0.3 is 14.5 Å². The molecular formula is C24H26FN11O. The number of rotatable bonds is 5. The van der Waals surface area contributed by atoms with Crippen molar-refractivity contribution in [3.05, 3.63) is 61.0 Å². The van der Waals surface area contributed by atoms with Crippen LogP contribution >= 0.6 is 0 Å². The maximum Gasteiger partial charge on any atom is 0.228 e. The number of anilines is 2. The zero-order valence-corrected chi connectivity index (χ0v) is 20.6. The Bertz CT molecular complexity index is 1300. The lowest BCUT2D eigenvalue weighted by atomic mass is 10.2. The molecule has 5 heterocycles. The lowest BCUT2D eigenvalue weighted by molar-refractivity contribution is 0.277. The molecule has 4 aromatic rings. The van der Waals surface area contributed by atoms with Gasteiger partial charge in [0.2, 0.25) is 11.9 Å². The largest absolute Gasteiger partial charge is 0.388 e. The van der Waals surface area contributed by atoms with Crippen molar-refractivity contribution >= 4 is 11.9 Å². The van der Waals surface area contributed by atoms with Crippen LogP contribution in [0, 0.1) is 11.8 Å². The third-order valence-corrected chi connectivity index (χ3v) is 5.17. The Labute approximate surface area is 213 Å². The topological polar surface area (TPSA) is 124 Å². The molecule has 0 unspecified atom stereocenters. The first-order valence-electron chi connectivity index (χ1n) is 11.5. The van der Waals surface area contributed by atoms with Gasteiger partial charge in [0.25, 0.3) is 0 Å². The molecule has 0 spiro atoms. The van der Waals surface area contributed by atoms with Gasteiger partial charge in [-0.2, -0.15) is 5.10 Å². The number of methoxy groups -OCH3 is 1. The SMILES string of the molecule is COC.FCCn1cc(-c2ncc(C#Cc3cnc(N4CCN(c5ncncn5)CC4)nc3)cn2)cn1. The molecule has 12 nitrogen and oxygen atoms in total. The predicted octanol–water partition coefficient (Wildman–Crippen LogP) is 1.27. The van der Waals surface area contributed by atoms with Crippen molar-refractivity contribution in [2.24, 2.45) is 0 Å². The van der Waals surface area contributed by atoms with E-state index in [-0.39, 0.29) is 6.54 Å². The number of halogens is 1. The molecule has 1 saturated heterocycles. The van der Waals surface area contributed by atoms with E-state index < -0.39 is 6.67 Å². The van der Waals surface area contributed by atoms with Crippen molar-refractivity contribution in [1.29, 1.82) is 0 Å². The van der Waals surface area contributed by atoms with Crippen LogP contribution in [0.4, 0.5) is 16.3 Å². The molecule has 13 heteroatoms. The van der Waals surface area contributed by atoms with Gasteiger partial charge in [0.1, 0.15) is 19.3 Å². The second-order valence-corrected chi connectivity index (χ2v) is 7.82. The maximum absolute atomic E-state index is 12.4. The molecule has 4 aromatic heterocycles. The molecule has 0 atom stereocenters. The van der Waals surface area contributed by atoms with Gasteiger partial charge in [-0.3, -0.25) is 4.68 Å². The van der Waals surface area contributed by atoms with Crippen LogP contribution in [0.5, 0.6) is 0 Å². The lowest BCUT2D eigenvalue weighted by Crippen LogP contribution is -2.47. The van der Waals surface area contributed by atoms with Crippen LogP contribution in [0.25, 0.3) is 11.4 Å². The van der Waals surface area contributed by atoms with Gasteiger partial charge >= 0.3 is 0 Å². The summed E-state index contributed by atoms with van der Waals surface area (Å²) in [5.74, 6) is 7.93. The van der Waals surface area contributed by atoms with Crippen molar-refractivity contribution in [1.82, 2.24) is 44.7 Å². The summed E-state index contributed by atoms with van der Waals surface area (Å²) in [6.07, 6.45) is 13.0. The number of nitrogens with zero attached hydrogens (tertiary/aromatic N) is 11. The summed E-state index contributed by atoms with van der Waals surface area (Å²) >= 11 is 0. The van der Waals surface area contributed by atoms with Crippen LogP contribution in [0.3, 0.4) is 0 Å². The van der Waals surface area contributed by atoms with E-state index in [1.807, 2.05) is 0 Å². The minimum Gasteiger partial charge on any atom is -0.388 e. The van der Waals surface area contributed by atoms with E-state index in [1.165, 1.54) is 17.3 Å². The maximum atomic E-state index is 12.4. The molecular weight excluding hydrogens is 477 g/mol. The molecule has 1 aliphatic rings. The Balaban J connectivity index is 0.00000102. The minimum atomic E-state index is -0.473. The van der Waals surface area contributed by atoms with E-state index in [2.05, 4.69) is 66.4 Å². The van der Waals surface area contributed by atoms with Gasteiger partial charge in [0.15, 0.2) is 5.82 Å². The molecule has 190 valence electrons. The Kier molecular flexibility index (Phi) is 8.92. The van der Waals surface area contributed by atoms with Crippen molar-refractivity contribution in [2.45, 2.75) is 6.54 Å². The molecule has 0 aliphatic carbocycles. The zero-order chi connectivity index (χ0) is 25.9. The smallest absolute Gasteiger partial charge is 0.228 e. The van der Waals surface area contributed by atoms with E-state index in [0.29, 0.717) is 28.8 Å². The zero-order valence-electron chi connectivity index (χ0n) is 20.6. The number of hydrogen-bond acceptors (Lipinski definition) is 11. The van der Waals surface area contributed by atoms with Crippen LogP contribution in [0.1, 0.15) is 11.1 Å². The molecule has 0 N–H and O–H groups in total. The summed E-state index contributed by atoms with van der Waals surface area (Å²) < 4.78 is 18.2. The first kappa shape index (κ1) is 25.5. The van der Waals surface area contributed by atoms with Crippen LogP contribution < -0.4 is 9.80 Å². The van der Waals surface area contributed by atoms with Crippen LogP contribution in [-0.4, -0.2) is 91.7 Å². The summed E-state index contributed by atoms with van der Waals surface area (Å²) in [6.45, 7) is 2.84. The molecule has 37 heavy (non-hydrogen) atoms. The molecule has 1 aliphatic heterocycles. The van der Waals surface area contributed by atoms with Gasteiger partial charge in [0, 0.05) is 71.4 Å². The number of aromatic nitrogens is 9. The van der Waals surface area contributed by atoms with E-state index in [0.717, 1.165) is 31.7 Å². The lowest BCUT2D eigenvalue weighted by Gasteiger charge is -2.34. The molecule has 0 aromatic carbocycles. The first-order valence-corrected chi connectivity index (χ1v) is 11.5. The minimum absolute atomic E-state index is 0.210. The number of piperazine rings is 1.